The van der Waals surface area contributed by atoms with E-state index in [1.165, 1.54) is 19.2 Å². The minimum atomic E-state index is -3.86. The molecule has 39 heavy (non-hydrogen) atoms. The minimum Gasteiger partial charge on any atom is -0.497 e. The summed E-state index contributed by atoms with van der Waals surface area (Å²) in [5, 5.41) is 13.5. The van der Waals surface area contributed by atoms with E-state index in [9.17, 15) is 18.3 Å². The fourth-order valence-electron chi connectivity index (χ4n) is 5.02. The predicted molar refractivity (Wildman–Crippen MR) is 146 cm³/mol. The Bertz CT molecular complexity index is 1450. The topological polar surface area (TPSA) is 123 Å². The molecule has 0 saturated carbocycles. The molecule has 2 heterocycles. The van der Waals surface area contributed by atoms with Crippen LogP contribution in [-0.2, 0) is 26.1 Å². The number of benzene rings is 3. The minimum absolute atomic E-state index is 0.0764. The number of nitrogens with one attached hydrogen (secondary N) is 2. The second kappa shape index (κ2) is 11.4. The molecular formula is C28H29ClN2O7S. The summed E-state index contributed by atoms with van der Waals surface area (Å²) in [6.07, 6.45) is -0.912. The van der Waals surface area contributed by atoms with E-state index in [0.717, 1.165) is 11.1 Å². The van der Waals surface area contributed by atoms with Crippen molar-refractivity contribution in [3.8, 4) is 11.5 Å². The Morgan fingerprint density at radius 3 is 2.67 bits per heavy atom. The zero-order valence-corrected chi connectivity index (χ0v) is 22.7. The van der Waals surface area contributed by atoms with Crippen LogP contribution in [0.4, 0.5) is 5.69 Å². The summed E-state index contributed by atoms with van der Waals surface area (Å²) in [6, 6.07) is 18.5. The lowest BCUT2D eigenvalue weighted by Gasteiger charge is -2.37. The van der Waals surface area contributed by atoms with Gasteiger partial charge in [-0.2, -0.15) is 0 Å². The zero-order chi connectivity index (χ0) is 27.6. The highest BCUT2D eigenvalue weighted by Gasteiger charge is 2.46. The van der Waals surface area contributed by atoms with Crippen LogP contribution >= 0.6 is 11.6 Å². The number of hydrogen-bond donors (Lipinski definition) is 3. The van der Waals surface area contributed by atoms with Gasteiger partial charge in [-0.05, 0) is 54.4 Å². The number of hydrogen-bond acceptors (Lipinski definition) is 7. The number of fused-ring (bicyclic) bond motifs is 3. The molecule has 206 valence electrons. The number of amides is 1. The number of anilines is 1. The van der Waals surface area contributed by atoms with Gasteiger partial charge in [0.2, 0.25) is 5.91 Å². The Hall–Kier alpha value is -3.31. The molecule has 0 spiro atoms. The fraction of sp³-hybridized carbons (Fsp3) is 0.321. The molecule has 3 aromatic carbocycles. The molecule has 3 aromatic rings. The Kier molecular flexibility index (Phi) is 7.99. The van der Waals surface area contributed by atoms with E-state index in [4.69, 9.17) is 25.8 Å². The standard InChI is InChI=1S/C28H29ClN2O7S/c1-36-20-3-2-4-22(12-20)39(34,35)31-19-9-10-25-23(11-19)24-13-21(37-26(16-32)28(24)38-25)14-27(33)30-15-17-5-7-18(29)8-6-17/h2-12,21,24,26,28,31-32H,13-16H2,1H3,(H,30,33)/t21-,24-,26+,28+/m0/s1. The summed E-state index contributed by atoms with van der Waals surface area (Å²) in [4.78, 5) is 12.8. The number of halogens is 1. The van der Waals surface area contributed by atoms with E-state index < -0.39 is 28.3 Å². The number of rotatable bonds is 9. The first kappa shape index (κ1) is 27.3. The van der Waals surface area contributed by atoms with Crippen molar-refractivity contribution in [2.75, 3.05) is 18.4 Å². The third-order valence-electron chi connectivity index (χ3n) is 6.92. The van der Waals surface area contributed by atoms with Gasteiger partial charge in [-0.3, -0.25) is 9.52 Å². The number of aliphatic hydroxyl groups excluding tert-OH is 1. The van der Waals surface area contributed by atoms with Gasteiger partial charge in [0.15, 0.2) is 0 Å². The molecule has 0 unspecified atom stereocenters. The maximum absolute atomic E-state index is 13.0. The van der Waals surface area contributed by atoms with E-state index in [1.54, 1.807) is 42.5 Å². The van der Waals surface area contributed by atoms with Gasteiger partial charge in [0.05, 0.1) is 31.1 Å². The number of methoxy groups -OCH3 is 1. The van der Waals surface area contributed by atoms with Crippen LogP contribution in [0.25, 0.3) is 0 Å². The smallest absolute Gasteiger partial charge is 0.262 e. The van der Waals surface area contributed by atoms with Gasteiger partial charge in [0.1, 0.15) is 23.7 Å². The van der Waals surface area contributed by atoms with E-state index in [2.05, 4.69) is 10.0 Å². The van der Waals surface area contributed by atoms with Crippen LogP contribution in [0.1, 0.15) is 29.9 Å². The van der Waals surface area contributed by atoms with Gasteiger partial charge in [0, 0.05) is 34.8 Å². The largest absolute Gasteiger partial charge is 0.497 e. The first-order valence-corrected chi connectivity index (χ1v) is 14.4. The lowest BCUT2D eigenvalue weighted by atomic mass is 9.84. The van der Waals surface area contributed by atoms with E-state index in [0.29, 0.717) is 35.2 Å². The predicted octanol–water partition coefficient (Wildman–Crippen LogP) is 3.85. The summed E-state index contributed by atoms with van der Waals surface area (Å²) in [6.45, 7) is 0.0916. The normalized spacial score (nSPS) is 21.8. The van der Waals surface area contributed by atoms with Gasteiger partial charge in [0.25, 0.3) is 10.0 Å². The van der Waals surface area contributed by atoms with Gasteiger partial charge in [-0.15, -0.1) is 0 Å². The van der Waals surface area contributed by atoms with Gasteiger partial charge < -0.3 is 24.6 Å². The highest BCUT2D eigenvalue weighted by atomic mass is 35.5. The third-order valence-corrected chi connectivity index (χ3v) is 8.55. The monoisotopic (exact) mass is 572 g/mol. The number of carbonyl (C=O) groups is 1. The van der Waals surface area contributed by atoms with Crippen molar-refractivity contribution in [2.45, 2.75) is 48.5 Å². The molecule has 1 saturated heterocycles. The molecule has 11 heteroatoms. The second-order valence-corrected chi connectivity index (χ2v) is 11.7. The van der Waals surface area contributed by atoms with Crippen molar-refractivity contribution in [2.24, 2.45) is 0 Å². The number of sulfonamides is 1. The third kappa shape index (κ3) is 6.14. The molecule has 5 rings (SSSR count). The second-order valence-electron chi connectivity index (χ2n) is 9.55. The Morgan fingerprint density at radius 1 is 1.13 bits per heavy atom. The highest BCUT2D eigenvalue weighted by molar-refractivity contribution is 7.92. The molecule has 1 amide bonds. The molecule has 1 fully saturated rings. The summed E-state index contributed by atoms with van der Waals surface area (Å²) in [7, 11) is -2.39. The Labute approximate surface area is 232 Å². The summed E-state index contributed by atoms with van der Waals surface area (Å²) in [5.41, 5.74) is 2.11. The van der Waals surface area contributed by atoms with Gasteiger partial charge in [-0.25, -0.2) is 8.42 Å². The number of aliphatic hydroxyl groups is 1. The molecule has 2 aliphatic heterocycles. The average Bonchev–Trinajstić information content (AvgIpc) is 3.30. The molecule has 3 N–H and O–H groups in total. The van der Waals surface area contributed by atoms with Crippen LogP contribution in [0.15, 0.2) is 71.6 Å². The van der Waals surface area contributed by atoms with Crippen molar-refractivity contribution in [1.82, 2.24) is 5.32 Å². The molecule has 0 aliphatic carbocycles. The molecule has 0 bridgehead atoms. The maximum Gasteiger partial charge on any atom is 0.262 e. The van der Waals surface area contributed by atoms with Crippen LogP contribution in [-0.4, -0.2) is 51.5 Å². The quantitative estimate of drug-likeness (QED) is 0.356. The van der Waals surface area contributed by atoms with E-state index in [-0.39, 0.29) is 29.7 Å². The Balaban J connectivity index is 1.28. The van der Waals surface area contributed by atoms with Crippen LogP contribution in [0.5, 0.6) is 11.5 Å². The van der Waals surface area contributed by atoms with Crippen molar-refractivity contribution in [3.05, 3.63) is 82.9 Å². The van der Waals surface area contributed by atoms with Gasteiger partial charge in [-0.1, -0.05) is 29.8 Å². The maximum atomic E-state index is 13.0. The fourth-order valence-corrected chi connectivity index (χ4v) is 6.23. The van der Waals surface area contributed by atoms with Crippen molar-refractivity contribution in [3.63, 3.8) is 0 Å². The summed E-state index contributed by atoms with van der Waals surface area (Å²) >= 11 is 5.92. The lowest BCUT2D eigenvalue weighted by Crippen LogP contribution is -2.47. The first-order chi connectivity index (χ1) is 18.8. The molecule has 9 nitrogen and oxygen atoms in total. The highest BCUT2D eigenvalue weighted by Crippen LogP contribution is 2.47. The van der Waals surface area contributed by atoms with Crippen LogP contribution in [0.3, 0.4) is 0 Å². The van der Waals surface area contributed by atoms with Crippen LogP contribution < -0.4 is 19.5 Å². The molecule has 0 radical (unpaired) electrons. The first-order valence-electron chi connectivity index (χ1n) is 12.5. The van der Waals surface area contributed by atoms with Crippen LogP contribution in [0, 0.1) is 0 Å². The van der Waals surface area contributed by atoms with E-state index >= 15 is 0 Å². The SMILES string of the molecule is COc1cccc(S(=O)(=O)Nc2ccc3c(c2)[C@@H]2C[C@@H](CC(=O)NCc4ccc(Cl)cc4)O[C@H](CO)[C@@H]2O3)c1. The van der Waals surface area contributed by atoms with E-state index in [1.807, 2.05) is 12.1 Å². The van der Waals surface area contributed by atoms with Gasteiger partial charge >= 0.3 is 0 Å². The zero-order valence-electron chi connectivity index (χ0n) is 21.2. The molecule has 4 atom stereocenters. The number of carbonyl (C=O) groups excluding carboxylic acids is 1. The van der Waals surface area contributed by atoms with Crippen molar-refractivity contribution >= 4 is 33.2 Å². The molecular weight excluding hydrogens is 544 g/mol. The lowest BCUT2D eigenvalue weighted by molar-refractivity contribution is -0.142. The van der Waals surface area contributed by atoms with Crippen LogP contribution in [0.2, 0.25) is 5.02 Å². The number of ether oxygens (including phenoxy) is 3. The summed E-state index contributed by atoms with van der Waals surface area (Å²) < 4.78 is 45.9. The van der Waals surface area contributed by atoms with Crippen molar-refractivity contribution < 1.29 is 32.5 Å². The average molecular weight is 573 g/mol. The van der Waals surface area contributed by atoms with Crippen molar-refractivity contribution in [1.29, 1.82) is 0 Å². The molecule has 0 aromatic heterocycles. The Morgan fingerprint density at radius 2 is 1.92 bits per heavy atom. The summed E-state index contributed by atoms with van der Waals surface area (Å²) in [5.74, 6) is 0.679. The molecule has 2 aliphatic rings.